The molecule has 0 aromatic heterocycles. The molecule has 0 fully saturated rings. The van der Waals surface area contributed by atoms with Crippen LogP contribution < -0.4 is 10.5 Å². The van der Waals surface area contributed by atoms with Crippen molar-refractivity contribution in [2.75, 3.05) is 5.73 Å². The Bertz CT molecular complexity index is 715. The lowest BCUT2D eigenvalue weighted by Crippen LogP contribution is -2.23. The van der Waals surface area contributed by atoms with Gasteiger partial charge in [0.2, 0.25) is 10.0 Å². The third-order valence-electron chi connectivity index (χ3n) is 2.68. The molecule has 4 N–H and O–H groups in total. The molecule has 0 spiro atoms. The molecule has 0 amide bonds. The Morgan fingerprint density at radius 3 is 2.45 bits per heavy atom. The summed E-state index contributed by atoms with van der Waals surface area (Å²) < 4.78 is 26.5. The minimum absolute atomic E-state index is 0.0191. The zero-order chi connectivity index (χ0) is 14.8. The SMILES string of the molecule is Nc1ccc(S(=O)(=O)NCc2cc(Cl)ccc2O)cc1. The minimum atomic E-state index is -3.66. The van der Waals surface area contributed by atoms with Gasteiger partial charge >= 0.3 is 0 Å². The van der Waals surface area contributed by atoms with E-state index in [4.69, 9.17) is 17.3 Å². The number of hydrogen-bond donors (Lipinski definition) is 3. The van der Waals surface area contributed by atoms with Gasteiger partial charge in [0, 0.05) is 22.8 Å². The maximum absolute atomic E-state index is 12.0. The summed E-state index contributed by atoms with van der Waals surface area (Å²) in [4.78, 5) is 0.105. The van der Waals surface area contributed by atoms with Crippen molar-refractivity contribution < 1.29 is 13.5 Å². The van der Waals surface area contributed by atoms with Crippen molar-refractivity contribution in [3.8, 4) is 5.75 Å². The molecule has 0 saturated carbocycles. The maximum Gasteiger partial charge on any atom is 0.240 e. The second kappa shape index (κ2) is 5.70. The summed E-state index contributed by atoms with van der Waals surface area (Å²) in [5.74, 6) is -0.0191. The van der Waals surface area contributed by atoms with Gasteiger partial charge in [-0.2, -0.15) is 0 Å². The Balaban J connectivity index is 2.17. The first-order valence-electron chi connectivity index (χ1n) is 5.71. The number of hydrogen-bond acceptors (Lipinski definition) is 4. The summed E-state index contributed by atoms with van der Waals surface area (Å²) in [6.07, 6.45) is 0. The standard InChI is InChI=1S/C13H13ClN2O3S/c14-10-1-6-13(17)9(7-10)8-16-20(18,19)12-4-2-11(15)3-5-12/h1-7,16-17H,8,15H2. The highest BCUT2D eigenvalue weighted by molar-refractivity contribution is 7.89. The highest BCUT2D eigenvalue weighted by Crippen LogP contribution is 2.22. The van der Waals surface area contributed by atoms with Crippen molar-refractivity contribution in [2.24, 2.45) is 0 Å². The molecule has 7 heteroatoms. The fourth-order valence-electron chi connectivity index (χ4n) is 1.60. The number of phenolic OH excluding ortho intramolecular Hbond substituents is 1. The molecule has 5 nitrogen and oxygen atoms in total. The van der Waals surface area contributed by atoms with Crippen molar-refractivity contribution in [3.05, 3.63) is 53.1 Å². The fraction of sp³-hybridized carbons (Fsp3) is 0.0769. The fourth-order valence-corrected chi connectivity index (χ4v) is 2.80. The molecule has 106 valence electrons. The Morgan fingerprint density at radius 1 is 1.15 bits per heavy atom. The maximum atomic E-state index is 12.0. The molecule has 0 saturated heterocycles. The quantitative estimate of drug-likeness (QED) is 0.754. The first-order valence-corrected chi connectivity index (χ1v) is 7.57. The lowest BCUT2D eigenvalue weighted by Gasteiger charge is -2.08. The van der Waals surface area contributed by atoms with Crippen molar-refractivity contribution >= 4 is 27.3 Å². The second-order valence-electron chi connectivity index (χ2n) is 4.17. The van der Waals surface area contributed by atoms with E-state index in [2.05, 4.69) is 4.72 Å². The van der Waals surface area contributed by atoms with E-state index in [0.717, 1.165) is 0 Å². The highest BCUT2D eigenvalue weighted by Gasteiger charge is 2.14. The van der Waals surface area contributed by atoms with Gasteiger partial charge in [-0.05, 0) is 42.5 Å². The zero-order valence-corrected chi connectivity index (χ0v) is 11.9. The number of nitrogens with one attached hydrogen (secondary N) is 1. The molecule has 0 atom stereocenters. The number of anilines is 1. The molecule has 2 aromatic rings. The molecule has 0 heterocycles. The van der Waals surface area contributed by atoms with E-state index in [-0.39, 0.29) is 17.2 Å². The van der Waals surface area contributed by atoms with Crippen LogP contribution in [-0.2, 0) is 16.6 Å². The van der Waals surface area contributed by atoms with Gasteiger partial charge < -0.3 is 10.8 Å². The van der Waals surface area contributed by atoms with Crippen LogP contribution in [0.2, 0.25) is 5.02 Å². The molecule has 0 bridgehead atoms. The molecule has 0 aliphatic heterocycles. The number of rotatable bonds is 4. The van der Waals surface area contributed by atoms with Crippen LogP contribution in [0.4, 0.5) is 5.69 Å². The predicted molar refractivity (Wildman–Crippen MR) is 78.0 cm³/mol. The average molecular weight is 313 g/mol. The first-order chi connectivity index (χ1) is 9.38. The molecular formula is C13H13ClN2O3S. The van der Waals surface area contributed by atoms with Gasteiger partial charge in [0.1, 0.15) is 5.75 Å². The summed E-state index contributed by atoms with van der Waals surface area (Å²) >= 11 is 5.80. The smallest absolute Gasteiger partial charge is 0.240 e. The topological polar surface area (TPSA) is 92.4 Å². The van der Waals surface area contributed by atoms with Crippen LogP contribution in [0.1, 0.15) is 5.56 Å². The number of benzene rings is 2. The summed E-state index contributed by atoms with van der Waals surface area (Å²) in [5.41, 5.74) is 6.39. The predicted octanol–water partition coefficient (Wildman–Crippen LogP) is 2.11. The van der Waals surface area contributed by atoms with E-state index in [1.807, 2.05) is 0 Å². The van der Waals surface area contributed by atoms with E-state index in [1.165, 1.54) is 42.5 Å². The van der Waals surface area contributed by atoms with E-state index in [1.54, 1.807) is 0 Å². The Kier molecular flexibility index (Phi) is 4.17. The lowest BCUT2D eigenvalue weighted by molar-refractivity contribution is 0.467. The van der Waals surface area contributed by atoms with Crippen LogP contribution in [0.3, 0.4) is 0 Å². The summed E-state index contributed by atoms with van der Waals surface area (Å²) in [6.45, 7) is -0.0564. The Hall–Kier alpha value is -1.76. The number of nitrogens with two attached hydrogens (primary N) is 1. The zero-order valence-electron chi connectivity index (χ0n) is 10.4. The van der Waals surface area contributed by atoms with Gasteiger partial charge in [-0.15, -0.1) is 0 Å². The molecule has 0 unspecified atom stereocenters. The van der Waals surface area contributed by atoms with Crippen LogP contribution in [-0.4, -0.2) is 13.5 Å². The molecule has 20 heavy (non-hydrogen) atoms. The van der Waals surface area contributed by atoms with E-state index in [9.17, 15) is 13.5 Å². The molecular weight excluding hydrogens is 300 g/mol. The minimum Gasteiger partial charge on any atom is -0.508 e. The van der Waals surface area contributed by atoms with Crippen LogP contribution in [0.15, 0.2) is 47.4 Å². The average Bonchev–Trinajstić information content (AvgIpc) is 2.40. The van der Waals surface area contributed by atoms with Gasteiger partial charge in [-0.1, -0.05) is 11.6 Å². The van der Waals surface area contributed by atoms with E-state index < -0.39 is 10.0 Å². The highest BCUT2D eigenvalue weighted by atomic mass is 35.5. The van der Waals surface area contributed by atoms with Crippen LogP contribution >= 0.6 is 11.6 Å². The largest absolute Gasteiger partial charge is 0.508 e. The third-order valence-corrected chi connectivity index (χ3v) is 4.34. The van der Waals surface area contributed by atoms with Gasteiger partial charge in [0.05, 0.1) is 4.90 Å². The molecule has 0 aliphatic carbocycles. The van der Waals surface area contributed by atoms with Crippen LogP contribution in [0.5, 0.6) is 5.75 Å². The molecule has 2 aromatic carbocycles. The number of sulfonamides is 1. The van der Waals surface area contributed by atoms with Gasteiger partial charge in [0.15, 0.2) is 0 Å². The monoisotopic (exact) mass is 312 g/mol. The molecule has 0 aliphatic rings. The number of nitrogen functional groups attached to an aromatic ring is 1. The van der Waals surface area contributed by atoms with Crippen molar-refractivity contribution in [2.45, 2.75) is 11.4 Å². The van der Waals surface area contributed by atoms with Crippen LogP contribution in [0.25, 0.3) is 0 Å². The van der Waals surface area contributed by atoms with Crippen molar-refractivity contribution in [1.29, 1.82) is 0 Å². The second-order valence-corrected chi connectivity index (χ2v) is 6.37. The third kappa shape index (κ3) is 3.41. The number of halogens is 1. The molecule has 0 radical (unpaired) electrons. The van der Waals surface area contributed by atoms with Gasteiger partial charge in [-0.3, -0.25) is 0 Å². The van der Waals surface area contributed by atoms with Crippen LogP contribution in [0, 0.1) is 0 Å². The lowest BCUT2D eigenvalue weighted by atomic mass is 10.2. The number of aromatic hydroxyl groups is 1. The summed E-state index contributed by atoms with van der Waals surface area (Å²) in [7, 11) is -3.66. The Morgan fingerprint density at radius 2 is 1.80 bits per heavy atom. The summed E-state index contributed by atoms with van der Waals surface area (Å²) in [5, 5.41) is 10.0. The summed E-state index contributed by atoms with van der Waals surface area (Å²) in [6, 6.07) is 10.3. The van der Waals surface area contributed by atoms with Crippen molar-refractivity contribution in [1.82, 2.24) is 4.72 Å². The normalized spacial score (nSPS) is 11.4. The van der Waals surface area contributed by atoms with E-state index >= 15 is 0 Å². The van der Waals surface area contributed by atoms with Gasteiger partial charge in [-0.25, -0.2) is 13.1 Å². The number of phenols is 1. The van der Waals surface area contributed by atoms with Crippen molar-refractivity contribution in [3.63, 3.8) is 0 Å². The molecule has 2 rings (SSSR count). The van der Waals surface area contributed by atoms with Gasteiger partial charge in [0.25, 0.3) is 0 Å². The van der Waals surface area contributed by atoms with E-state index in [0.29, 0.717) is 16.3 Å². The Labute approximate surface area is 122 Å². The first kappa shape index (κ1) is 14.6.